The Morgan fingerprint density at radius 1 is 0.871 bits per heavy atom. The van der Waals surface area contributed by atoms with Gasteiger partial charge in [0.2, 0.25) is 11.8 Å². The summed E-state index contributed by atoms with van der Waals surface area (Å²) >= 11 is 0. The molecule has 156 valence electrons. The van der Waals surface area contributed by atoms with E-state index in [2.05, 4.69) is 10.6 Å². The fourth-order valence-electron chi connectivity index (χ4n) is 3.78. The van der Waals surface area contributed by atoms with E-state index in [0.29, 0.717) is 29.9 Å². The minimum atomic E-state index is -0.655. The fraction of sp³-hybridized carbons (Fsp3) is 0.160. The van der Waals surface area contributed by atoms with E-state index in [1.54, 1.807) is 35.2 Å². The second kappa shape index (κ2) is 8.83. The van der Waals surface area contributed by atoms with Crippen LogP contribution >= 0.6 is 0 Å². The molecule has 6 heteroatoms. The van der Waals surface area contributed by atoms with E-state index in [4.69, 9.17) is 0 Å². The molecule has 2 N–H and O–H groups in total. The normalized spacial score (nSPS) is 13.5. The molecule has 0 aliphatic carbocycles. The van der Waals surface area contributed by atoms with Gasteiger partial charge in [0.05, 0.1) is 0 Å². The largest absolute Gasteiger partial charge is 0.326 e. The van der Waals surface area contributed by atoms with Gasteiger partial charge in [0.25, 0.3) is 5.91 Å². The Morgan fingerprint density at radius 3 is 2.13 bits per heavy atom. The lowest BCUT2D eigenvalue weighted by Gasteiger charge is -2.27. The number of fused-ring (bicyclic) bond motifs is 1. The predicted molar refractivity (Wildman–Crippen MR) is 120 cm³/mol. The third kappa shape index (κ3) is 4.64. The van der Waals surface area contributed by atoms with Gasteiger partial charge in [-0.1, -0.05) is 48.5 Å². The molecule has 3 aromatic carbocycles. The number of amides is 3. The molecule has 0 fully saturated rings. The minimum Gasteiger partial charge on any atom is -0.326 e. The summed E-state index contributed by atoms with van der Waals surface area (Å²) in [7, 11) is 0. The van der Waals surface area contributed by atoms with Crippen molar-refractivity contribution in [3.63, 3.8) is 0 Å². The lowest BCUT2D eigenvalue weighted by atomic mass is 10.0. The summed E-state index contributed by atoms with van der Waals surface area (Å²) in [5.74, 6) is -0.545. The molecule has 0 spiro atoms. The average molecular weight is 413 g/mol. The molecule has 0 aromatic heterocycles. The molecule has 3 amide bonds. The van der Waals surface area contributed by atoms with Crippen molar-refractivity contribution < 1.29 is 14.4 Å². The molecule has 1 aliphatic rings. The van der Waals surface area contributed by atoms with Gasteiger partial charge in [0, 0.05) is 36.8 Å². The van der Waals surface area contributed by atoms with Crippen molar-refractivity contribution in [1.82, 2.24) is 4.90 Å². The second-order valence-corrected chi connectivity index (χ2v) is 7.54. The zero-order chi connectivity index (χ0) is 21.8. The highest BCUT2D eigenvalue weighted by Crippen LogP contribution is 2.26. The van der Waals surface area contributed by atoms with Crippen molar-refractivity contribution in [2.24, 2.45) is 0 Å². The minimum absolute atomic E-state index is 0.132. The number of rotatable bonds is 6. The van der Waals surface area contributed by atoms with Gasteiger partial charge in [-0.05, 0) is 41.5 Å². The van der Waals surface area contributed by atoms with Crippen LogP contribution in [-0.2, 0) is 22.6 Å². The van der Waals surface area contributed by atoms with E-state index in [1.807, 2.05) is 48.5 Å². The van der Waals surface area contributed by atoms with E-state index in [0.717, 1.165) is 11.1 Å². The van der Waals surface area contributed by atoms with Crippen LogP contribution in [0.4, 0.5) is 11.4 Å². The standard InChI is InChI=1S/C25H23N3O3/c1-17(29)26-20-11-13-21(14-12-20)27-24(30)23(15-18-7-3-2-4-8-18)28-16-19-9-5-6-10-22(19)25(28)31/h2-14,23H,15-16H2,1H3,(H,26,29)(H,27,30)/t23-/m1/s1. The van der Waals surface area contributed by atoms with Crippen LogP contribution in [0.2, 0.25) is 0 Å². The molecule has 1 heterocycles. The zero-order valence-electron chi connectivity index (χ0n) is 17.2. The molecule has 6 nitrogen and oxygen atoms in total. The first-order valence-electron chi connectivity index (χ1n) is 10.1. The van der Waals surface area contributed by atoms with Gasteiger partial charge >= 0.3 is 0 Å². The average Bonchev–Trinajstić information content (AvgIpc) is 3.10. The van der Waals surface area contributed by atoms with Gasteiger partial charge in [0.15, 0.2) is 0 Å². The number of nitrogens with one attached hydrogen (secondary N) is 2. The summed E-state index contributed by atoms with van der Waals surface area (Å²) in [5.41, 5.74) is 3.80. The first kappa shape index (κ1) is 20.3. The highest BCUT2D eigenvalue weighted by Gasteiger charge is 2.36. The number of benzene rings is 3. The third-order valence-electron chi connectivity index (χ3n) is 5.27. The van der Waals surface area contributed by atoms with Gasteiger partial charge in [-0.2, -0.15) is 0 Å². The highest BCUT2D eigenvalue weighted by atomic mass is 16.2. The predicted octanol–water partition coefficient (Wildman–Crippen LogP) is 3.85. The van der Waals surface area contributed by atoms with Crippen molar-refractivity contribution in [2.75, 3.05) is 10.6 Å². The maximum atomic E-state index is 13.3. The molecule has 0 unspecified atom stereocenters. The molecule has 4 rings (SSSR count). The van der Waals surface area contributed by atoms with Crippen LogP contribution < -0.4 is 10.6 Å². The Hall–Kier alpha value is -3.93. The number of hydrogen-bond donors (Lipinski definition) is 2. The van der Waals surface area contributed by atoms with Gasteiger partial charge in [0.1, 0.15) is 6.04 Å². The molecule has 1 atom stereocenters. The lowest BCUT2D eigenvalue weighted by Crippen LogP contribution is -2.45. The lowest BCUT2D eigenvalue weighted by molar-refractivity contribution is -0.120. The number of hydrogen-bond acceptors (Lipinski definition) is 3. The van der Waals surface area contributed by atoms with Crippen LogP contribution in [0, 0.1) is 0 Å². The van der Waals surface area contributed by atoms with E-state index in [9.17, 15) is 14.4 Å². The molecular weight excluding hydrogens is 390 g/mol. The van der Waals surface area contributed by atoms with Crippen LogP contribution in [0.15, 0.2) is 78.9 Å². The summed E-state index contributed by atoms with van der Waals surface area (Å²) in [6, 6.07) is 23.4. The number of carbonyl (C=O) groups is 3. The van der Waals surface area contributed by atoms with Crippen LogP contribution in [0.5, 0.6) is 0 Å². The monoisotopic (exact) mass is 413 g/mol. The third-order valence-corrected chi connectivity index (χ3v) is 5.27. The molecular formula is C25H23N3O3. The summed E-state index contributed by atoms with van der Waals surface area (Å²) in [5, 5.41) is 5.62. The van der Waals surface area contributed by atoms with Crippen molar-refractivity contribution in [1.29, 1.82) is 0 Å². The topological polar surface area (TPSA) is 78.5 Å². The van der Waals surface area contributed by atoms with Gasteiger partial charge in [-0.25, -0.2) is 0 Å². The van der Waals surface area contributed by atoms with E-state index >= 15 is 0 Å². The Bertz CT molecular complexity index is 1110. The first-order valence-corrected chi connectivity index (χ1v) is 10.1. The van der Waals surface area contributed by atoms with Crippen LogP contribution in [0.25, 0.3) is 0 Å². The molecule has 0 radical (unpaired) electrons. The SMILES string of the molecule is CC(=O)Nc1ccc(NC(=O)[C@@H](Cc2ccccc2)N2Cc3ccccc3C2=O)cc1. The summed E-state index contributed by atoms with van der Waals surface area (Å²) in [4.78, 5) is 39.2. The number of anilines is 2. The van der Waals surface area contributed by atoms with Gasteiger partial charge < -0.3 is 15.5 Å². The van der Waals surface area contributed by atoms with Crippen LogP contribution in [-0.4, -0.2) is 28.7 Å². The van der Waals surface area contributed by atoms with E-state index < -0.39 is 6.04 Å². The molecule has 31 heavy (non-hydrogen) atoms. The maximum Gasteiger partial charge on any atom is 0.255 e. The zero-order valence-corrected chi connectivity index (χ0v) is 17.2. The molecule has 1 aliphatic heterocycles. The quantitative estimate of drug-likeness (QED) is 0.644. The molecule has 0 bridgehead atoms. The number of carbonyl (C=O) groups excluding carboxylic acids is 3. The van der Waals surface area contributed by atoms with Crippen LogP contribution in [0.3, 0.4) is 0 Å². The maximum absolute atomic E-state index is 13.3. The summed E-state index contributed by atoms with van der Waals surface area (Å²) in [6.45, 7) is 1.84. The van der Waals surface area contributed by atoms with E-state index in [-0.39, 0.29) is 17.7 Å². The summed E-state index contributed by atoms with van der Waals surface area (Å²) in [6.07, 6.45) is 0.413. The Kier molecular flexibility index (Phi) is 5.80. The van der Waals surface area contributed by atoms with Crippen molar-refractivity contribution in [3.8, 4) is 0 Å². The van der Waals surface area contributed by atoms with Gasteiger partial charge in [-0.15, -0.1) is 0 Å². The Balaban J connectivity index is 1.56. The number of nitrogens with zero attached hydrogens (tertiary/aromatic N) is 1. The first-order chi connectivity index (χ1) is 15.0. The Labute approximate surface area is 180 Å². The van der Waals surface area contributed by atoms with Crippen molar-refractivity contribution >= 4 is 29.1 Å². The molecule has 0 saturated carbocycles. The Morgan fingerprint density at radius 2 is 1.48 bits per heavy atom. The van der Waals surface area contributed by atoms with Crippen LogP contribution in [0.1, 0.15) is 28.4 Å². The molecule has 0 saturated heterocycles. The second-order valence-electron chi connectivity index (χ2n) is 7.54. The van der Waals surface area contributed by atoms with Crippen molar-refractivity contribution in [2.45, 2.75) is 25.9 Å². The highest BCUT2D eigenvalue weighted by molar-refractivity contribution is 6.03. The van der Waals surface area contributed by atoms with E-state index in [1.165, 1.54) is 6.92 Å². The smallest absolute Gasteiger partial charge is 0.255 e. The molecule has 3 aromatic rings. The van der Waals surface area contributed by atoms with Crippen molar-refractivity contribution in [3.05, 3.63) is 95.6 Å². The van der Waals surface area contributed by atoms with Gasteiger partial charge in [-0.3, -0.25) is 14.4 Å². The summed E-state index contributed by atoms with van der Waals surface area (Å²) < 4.78 is 0. The fourth-order valence-corrected chi connectivity index (χ4v) is 3.78.